The number of fused-ring (bicyclic) bond motifs is 3. The molecule has 0 aliphatic carbocycles. The van der Waals surface area contributed by atoms with Gasteiger partial charge >= 0.3 is 5.76 Å². The molecule has 0 bridgehead atoms. The molecule has 0 spiro atoms. The molecule has 0 saturated carbocycles. The molecule has 0 fully saturated rings. The van der Waals surface area contributed by atoms with Gasteiger partial charge in [0, 0.05) is 18.0 Å². The molecular weight excluding hydrogens is 306 g/mol. The molecule has 24 heavy (non-hydrogen) atoms. The smallest absolute Gasteiger partial charge is 0.406 e. The molecule has 6 heteroatoms. The third-order valence-corrected chi connectivity index (χ3v) is 4.53. The third-order valence-electron chi connectivity index (χ3n) is 4.53. The Morgan fingerprint density at radius 3 is 2.50 bits per heavy atom. The monoisotopic (exact) mass is 323 g/mol. The fourth-order valence-corrected chi connectivity index (χ4v) is 3.34. The van der Waals surface area contributed by atoms with Gasteiger partial charge in [0.25, 0.3) is 0 Å². The Labute approximate surface area is 137 Å². The normalized spacial score (nSPS) is 11.7. The molecular formula is C18H17N3O3. The number of oxazole rings is 1. The Kier molecular flexibility index (Phi) is 2.94. The van der Waals surface area contributed by atoms with Crippen LogP contribution in [0.5, 0.6) is 0 Å². The summed E-state index contributed by atoms with van der Waals surface area (Å²) < 4.78 is 12.2. The molecule has 0 saturated heterocycles. The molecule has 3 heterocycles. The second kappa shape index (κ2) is 4.80. The van der Waals surface area contributed by atoms with Crippen molar-refractivity contribution in [1.29, 1.82) is 0 Å². The zero-order valence-corrected chi connectivity index (χ0v) is 14.2. The lowest BCUT2D eigenvalue weighted by molar-refractivity contribution is 0.393. The maximum atomic E-state index is 11.9. The SMILES string of the molecule is Cc1cc2c(cc1-c1c(C)noc1C)nc(C)c1oc(=O)n(C)c12. The van der Waals surface area contributed by atoms with Crippen molar-refractivity contribution < 1.29 is 8.94 Å². The predicted octanol–water partition coefficient (Wildman–Crippen LogP) is 3.57. The van der Waals surface area contributed by atoms with Gasteiger partial charge in [-0.1, -0.05) is 5.16 Å². The molecule has 0 unspecified atom stereocenters. The van der Waals surface area contributed by atoms with E-state index in [1.807, 2.05) is 39.8 Å². The van der Waals surface area contributed by atoms with Crippen molar-refractivity contribution >= 4 is 22.0 Å². The highest BCUT2D eigenvalue weighted by atomic mass is 16.5. The highest BCUT2D eigenvalue weighted by Crippen LogP contribution is 2.34. The maximum absolute atomic E-state index is 11.9. The van der Waals surface area contributed by atoms with Crippen molar-refractivity contribution in [3.63, 3.8) is 0 Å². The minimum Gasteiger partial charge on any atom is -0.406 e. The van der Waals surface area contributed by atoms with Gasteiger partial charge in [-0.05, 0) is 51.0 Å². The van der Waals surface area contributed by atoms with Crippen LogP contribution in [0.3, 0.4) is 0 Å². The molecule has 0 N–H and O–H groups in total. The summed E-state index contributed by atoms with van der Waals surface area (Å²) in [6, 6.07) is 4.07. The van der Waals surface area contributed by atoms with E-state index in [1.165, 1.54) is 4.57 Å². The van der Waals surface area contributed by atoms with Gasteiger partial charge in [0.15, 0.2) is 5.58 Å². The van der Waals surface area contributed by atoms with E-state index < -0.39 is 0 Å². The molecule has 0 aliphatic rings. The highest BCUT2D eigenvalue weighted by Gasteiger charge is 2.18. The number of pyridine rings is 1. The fourth-order valence-electron chi connectivity index (χ4n) is 3.34. The number of hydrogen-bond acceptors (Lipinski definition) is 5. The Bertz CT molecular complexity index is 1160. The van der Waals surface area contributed by atoms with Crippen LogP contribution in [0, 0.1) is 27.7 Å². The van der Waals surface area contributed by atoms with Gasteiger partial charge in [-0.2, -0.15) is 0 Å². The number of benzene rings is 1. The van der Waals surface area contributed by atoms with Crippen molar-refractivity contribution in [2.24, 2.45) is 7.05 Å². The molecule has 4 aromatic rings. The molecule has 1 aromatic carbocycles. The van der Waals surface area contributed by atoms with Crippen LogP contribution in [0.25, 0.3) is 33.1 Å². The second-order valence-corrected chi connectivity index (χ2v) is 6.19. The van der Waals surface area contributed by atoms with E-state index in [1.54, 1.807) is 7.05 Å². The van der Waals surface area contributed by atoms with E-state index in [4.69, 9.17) is 8.94 Å². The summed E-state index contributed by atoms with van der Waals surface area (Å²) in [6.07, 6.45) is 0. The van der Waals surface area contributed by atoms with Gasteiger partial charge in [-0.3, -0.25) is 4.57 Å². The summed E-state index contributed by atoms with van der Waals surface area (Å²) >= 11 is 0. The van der Waals surface area contributed by atoms with Gasteiger partial charge in [0.2, 0.25) is 0 Å². The van der Waals surface area contributed by atoms with Crippen molar-refractivity contribution in [2.75, 3.05) is 0 Å². The topological polar surface area (TPSA) is 74.1 Å². The van der Waals surface area contributed by atoms with E-state index in [0.717, 1.165) is 44.6 Å². The van der Waals surface area contributed by atoms with Gasteiger partial charge in [0.05, 0.1) is 16.9 Å². The predicted molar refractivity (Wildman–Crippen MR) is 91.2 cm³/mol. The van der Waals surface area contributed by atoms with E-state index >= 15 is 0 Å². The average molecular weight is 323 g/mol. The van der Waals surface area contributed by atoms with E-state index in [0.29, 0.717) is 11.3 Å². The summed E-state index contributed by atoms with van der Waals surface area (Å²) in [7, 11) is 1.71. The Hall–Kier alpha value is -2.89. The van der Waals surface area contributed by atoms with Crippen molar-refractivity contribution in [1.82, 2.24) is 14.7 Å². The Morgan fingerprint density at radius 1 is 1.08 bits per heavy atom. The van der Waals surface area contributed by atoms with Crippen molar-refractivity contribution in [2.45, 2.75) is 27.7 Å². The van der Waals surface area contributed by atoms with Crippen LogP contribution in [0.1, 0.15) is 22.7 Å². The summed E-state index contributed by atoms with van der Waals surface area (Å²) in [6.45, 7) is 7.71. The standard InChI is InChI=1S/C18H17N3O3/c1-8-6-13-14(7-12(8)15-9(2)20-24-11(15)4)19-10(3)17-16(13)21(5)18(22)23-17/h6-7H,1-5H3. The third kappa shape index (κ3) is 1.86. The lowest BCUT2D eigenvalue weighted by Gasteiger charge is -2.09. The van der Waals surface area contributed by atoms with Crippen molar-refractivity contribution in [3.05, 3.63) is 45.4 Å². The van der Waals surface area contributed by atoms with Crippen LogP contribution >= 0.6 is 0 Å². The van der Waals surface area contributed by atoms with Crippen LogP contribution < -0.4 is 5.76 Å². The minimum atomic E-state index is -0.380. The van der Waals surface area contributed by atoms with Crippen LogP contribution in [0.2, 0.25) is 0 Å². The molecule has 122 valence electrons. The van der Waals surface area contributed by atoms with E-state index in [-0.39, 0.29) is 5.76 Å². The summed E-state index contributed by atoms with van der Waals surface area (Å²) in [5.74, 6) is 0.401. The van der Waals surface area contributed by atoms with Gasteiger partial charge < -0.3 is 8.94 Å². The van der Waals surface area contributed by atoms with E-state index in [9.17, 15) is 4.79 Å². The Morgan fingerprint density at radius 2 is 1.83 bits per heavy atom. The molecule has 0 amide bonds. The summed E-state index contributed by atoms with van der Waals surface area (Å²) in [5.41, 5.74) is 6.78. The molecule has 6 nitrogen and oxygen atoms in total. The number of aryl methyl sites for hydroxylation is 5. The lowest BCUT2D eigenvalue weighted by Crippen LogP contribution is -2.08. The number of nitrogens with zero attached hydrogens (tertiary/aromatic N) is 3. The minimum absolute atomic E-state index is 0.380. The van der Waals surface area contributed by atoms with E-state index in [2.05, 4.69) is 10.1 Å². The lowest BCUT2D eigenvalue weighted by atomic mass is 9.96. The first-order chi connectivity index (χ1) is 11.4. The molecule has 0 atom stereocenters. The highest BCUT2D eigenvalue weighted by molar-refractivity contribution is 6.04. The largest absolute Gasteiger partial charge is 0.419 e. The Balaban J connectivity index is 2.15. The van der Waals surface area contributed by atoms with Gasteiger partial charge in [-0.15, -0.1) is 0 Å². The van der Waals surface area contributed by atoms with Crippen LogP contribution in [-0.2, 0) is 7.05 Å². The van der Waals surface area contributed by atoms with Crippen molar-refractivity contribution in [3.8, 4) is 11.1 Å². The first-order valence-electron chi connectivity index (χ1n) is 7.72. The summed E-state index contributed by atoms with van der Waals surface area (Å²) in [5, 5.41) is 4.94. The number of rotatable bonds is 1. The zero-order chi connectivity index (χ0) is 17.2. The van der Waals surface area contributed by atoms with Gasteiger partial charge in [0.1, 0.15) is 11.3 Å². The zero-order valence-electron chi connectivity index (χ0n) is 14.2. The molecule has 0 aliphatic heterocycles. The van der Waals surface area contributed by atoms with Crippen LogP contribution in [-0.4, -0.2) is 14.7 Å². The first-order valence-corrected chi connectivity index (χ1v) is 7.72. The number of aromatic nitrogens is 3. The molecule has 3 aromatic heterocycles. The van der Waals surface area contributed by atoms with Crippen LogP contribution in [0.15, 0.2) is 25.9 Å². The maximum Gasteiger partial charge on any atom is 0.419 e. The summed E-state index contributed by atoms with van der Waals surface area (Å²) in [4.78, 5) is 16.5. The van der Waals surface area contributed by atoms with Crippen LogP contribution in [0.4, 0.5) is 0 Å². The molecule has 4 rings (SSSR count). The second-order valence-electron chi connectivity index (χ2n) is 6.19. The first kappa shape index (κ1) is 14.7. The van der Waals surface area contributed by atoms with Gasteiger partial charge in [-0.25, -0.2) is 9.78 Å². The average Bonchev–Trinajstić information content (AvgIpc) is 3.01. The quantitative estimate of drug-likeness (QED) is 0.535. The molecule has 0 radical (unpaired) electrons. The number of hydrogen-bond donors (Lipinski definition) is 0. The fraction of sp³-hybridized carbons (Fsp3) is 0.278.